The third kappa shape index (κ3) is 2.96. The normalized spacial score (nSPS) is 18.2. The van der Waals surface area contributed by atoms with E-state index in [1.54, 1.807) is 23.2 Å². The number of carbonyl (C=O) groups is 3. The number of amides is 4. The van der Waals surface area contributed by atoms with Gasteiger partial charge >= 0.3 is 6.03 Å². The molecule has 28 heavy (non-hydrogen) atoms. The molecular weight excluding hydrogens is 360 g/mol. The smallest absolute Gasteiger partial charge is 0.328 e. The van der Waals surface area contributed by atoms with Gasteiger partial charge in [-0.15, -0.1) is 0 Å². The number of carbonyl (C=O) groups excluding carboxylic acids is 3. The molecule has 8 heteroatoms. The molecule has 2 saturated heterocycles. The predicted molar refractivity (Wildman–Crippen MR) is 101 cm³/mol. The van der Waals surface area contributed by atoms with E-state index in [1.807, 2.05) is 24.3 Å². The quantitative estimate of drug-likeness (QED) is 0.788. The maximum absolute atomic E-state index is 12.5. The fourth-order valence-corrected chi connectivity index (χ4v) is 3.69. The summed E-state index contributed by atoms with van der Waals surface area (Å²) in [5.74, 6) is -0.112. The number of nitrogens with one attached hydrogen (secondary N) is 2. The van der Waals surface area contributed by atoms with Crippen molar-refractivity contribution in [2.24, 2.45) is 0 Å². The molecule has 2 aliphatic rings. The first-order chi connectivity index (χ1) is 13.5. The van der Waals surface area contributed by atoms with Gasteiger partial charge in [-0.05, 0) is 43.0 Å². The van der Waals surface area contributed by atoms with Crippen LogP contribution < -0.4 is 20.3 Å². The van der Waals surface area contributed by atoms with E-state index in [2.05, 4.69) is 22.5 Å². The zero-order valence-corrected chi connectivity index (χ0v) is 15.4. The number of hydrogen-bond acceptors (Lipinski definition) is 6. The van der Waals surface area contributed by atoms with Gasteiger partial charge in [0.2, 0.25) is 5.88 Å². The largest absolute Gasteiger partial charge is 0.439 e. The van der Waals surface area contributed by atoms with Gasteiger partial charge in [-0.2, -0.15) is 0 Å². The summed E-state index contributed by atoms with van der Waals surface area (Å²) in [5, 5.41) is 4.40. The third-order valence-electron chi connectivity index (χ3n) is 5.17. The predicted octanol–water partition coefficient (Wildman–Crippen LogP) is 2.14. The topological polar surface area (TPSA) is 101 Å². The third-order valence-corrected chi connectivity index (χ3v) is 5.17. The molecule has 3 heterocycles. The summed E-state index contributed by atoms with van der Waals surface area (Å²) in [7, 11) is 0. The minimum atomic E-state index is -1.42. The zero-order valence-electron chi connectivity index (χ0n) is 15.4. The van der Waals surface area contributed by atoms with Crippen molar-refractivity contribution in [2.75, 3.05) is 11.4 Å². The molecule has 2 aromatic rings. The molecule has 8 nitrogen and oxygen atoms in total. The zero-order chi connectivity index (χ0) is 19.7. The molecule has 1 aromatic heterocycles. The maximum atomic E-state index is 12.5. The van der Waals surface area contributed by atoms with Crippen LogP contribution in [0, 0.1) is 0 Å². The van der Waals surface area contributed by atoms with E-state index in [1.165, 1.54) is 5.56 Å². The van der Waals surface area contributed by atoms with Crippen molar-refractivity contribution in [1.82, 2.24) is 15.6 Å². The van der Waals surface area contributed by atoms with Crippen LogP contribution in [0.1, 0.15) is 25.3 Å². The Kier molecular flexibility index (Phi) is 4.46. The van der Waals surface area contributed by atoms with E-state index in [0.29, 0.717) is 36.7 Å². The number of anilines is 1. The molecule has 0 unspecified atom stereocenters. The van der Waals surface area contributed by atoms with Gasteiger partial charge in [0.1, 0.15) is 5.75 Å². The Bertz CT molecular complexity index is 904. The Morgan fingerprint density at radius 2 is 1.79 bits per heavy atom. The number of benzene rings is 1. The van der Waals surface area contributed by atoms with E-state index in [0.717, 1.165) is 6.42 Å². The molecular formula is C20H20N4O4. The number of imide groups is 2. The van der Waals surface area contributed by atoms with E-state index in [-0.39, 0.29) is 0 Å². The minimum absolute atomic E-state index is 0.333. The Morgan fingerprint density at radius 3 is 2.39 bits per heavy atom. The Labute approximate surface area is 161 Å². The van der Waals surface area contributed by atoms with Crippen LogP contribution in [-0.2, 0) is 16.0 Å². The van der Waals surface area contributed by atoms with Crippen LogP contribution in [0.3, 0.4) is 0 Å². The summed E-state index contributed by atoms with van der Waals surface area (Å²) >= 11 is 0. The summed E-state index contributed by atoms with van der Waals surface area (Å²) < 4.78 is 5.76. The molecule has 0 bridgehead atoms. The molecule has 4 rings (SSSR count). The Balaban J connectivity index is 1.55. The lowest BCUT2D eigenvalue weighted by molar-refractivity contribution is -0.137. The molecule has 0 saturated carbocycles. The Morgan fingerprint density at radius 1 is 1.07 bits per heavy atom. The molecule has 2 aliphatic heterocycles. The first-order valence-electron chi connectivity index (χ1n) is 9.20. The van der Waals surface area contributed by atoms with Crippen molar-refractivity contribution in [3.8, 4) is 11.6 Å². The van der Waals surface area contributed by atoms with Crippen LogP contribution in [-0.4, -0.2) is 34.9 Å². The van der Waals surface area contributed by atoms with Crippen molar-refractivity contribution in [3.63, 3.8) is 0 Å². The average molecular weight is 380 g/mol. The van der Waals surface area contributed by atoms with E-state index in [9.17, 15) is 14.4 Å². The highest BCUT2D eigenvalue weighted by atomic mass is 16.5. The number of barbiturate groups is 1. The summed E-state index contributed by atoms with van der Waals surface area (Å²) in [5.41, 5.74) is 0.414. The van der Waals surface area contributed by atoms with Crippen molar-refractivity contribution in [1.29, 1.82) is 0 Å². The second-order valence-corrected chi connectivity index (χ2v) is 6.81. The molecule has 4 amide bonds. The highest BCUT2D eigenvalue weighted by Gasteiger charge is 2.57. The number of pyridine rings is 1. The van der Waals surface area contributed by atoms with Crippen molar-refractivity contribution in [3.05, 3.63) is 48.2 Å². The van der Waals surface area contributed by atoms with Gasteiger partial charge in [0.05, 0.1) is 11.9 Å². The average Bonchev–Trinajstić information content (AvgIpc) is 3.14. The van der Waals surface area contributed by atoms with Crippen LogP contribution in [0.2, 0.25) is 0 Å². The molecule has 2 N–H and O–H groups in total. The lowest BCUT2D eigenvalue weighted by Crippen LogP contribution is -2.71. The van der Waals surface area contributed by atoms with Crippen molar-refractivity contribution < 1.29 is 19.1 Å². The van der Waals surface area contributed by atoms with Crippen LogP contribution in [0.25, 0.3) is 0 Å². The minimum Gasteiger partial charge on any atom is -0.439 e. The summed E-state index contributed by atoms with van der Waals surface area (Å²) in [4.78, 5) is 42.4. The van der Waals surface area contributed by atoms with E-state index >= 15 is 0 Å². The van der Waals surface area contributed by atoms with Gasteiger partial charge in [-0.1, -0.05) is 19.1 Å². The first kappa shape index (κ1) is 18.0. The molecule has 1 spiro atoms. The van der Waals surface area contributed by atoms with Crippen molar-refractivity contribution >= 4 is 23.5 Å². The maximum Gasteiger partial charge on any atom is 0.328 e. The number of ether oxygens (including phenoxy) is 1. The second kappa shape index (κ2) is 6.95. The van der Waals surface area contributed by atoms with Gasteiger partial charge in [-0.3, -0.25) is 20.2 Å². The molecule has 1 aromatic carbocycles. The SMILES string of the molecule is CCc1ccc(Oc2ccc(N3CCCC34C(=O)NC(=O)NC4=O)cn2)cc1. The number of hydrogen-bond donors (Lipinski definition) is 2. The fourth-order valence-electron chi connectivity index (χ4n) is 3.69. The fraction of sp³-hybridized carbons (Fsp3) is 0.300. The summed E-state index contributed by atoms with van der Waals surface area (Å²) in [6, 6.07) is 10.4. The molecule has 0 radical (unpaired) electrons. The highest BCUT2D eigenvalue weighted by Crippen LogP contribution is 2.36. The monoisotopic (exact) mass is 380 g/mol. The first-order valence-corrected chi connectivity index (χ1v) is 9.20. The number of urea groups is 1. The van der Waals surface area contributed by atoms with Gasteiger partial charge in [0.15, 0.2) is 5.54 Å². The van der Waals surface area contributed by atoms with Crippen LogP contribution >= 0.6 is 0 Å². The highest BCUT2D eigenvalue weighted by molar-refractivity contribution is 6.24. The standard InChI is InChI=1S/C20H20N4O4/c1-2-13-4-7-15(8-5-13)28-16-9-6-14(12-21-16)24-11-3-10-20(24)17(25)22-19(27)23-18(20)26/h4-9,12H,2-3,10-11H2,1H3,(H2,22,23,25,26,27). The molecule has 2 fully saturated rings. The molecule has 144 valence electrons. The number of aryl methyl sites for hydroxylation is 1. The van der Waals surface area contributed by atoms with Crippen LogP contribution in [0.15, 0.2) is 42.6 Å². The lowest BCUT2D eigenvalue weighted by Gasteiger charge is -2.38. The van der Waals surface area contributed by atoms with Gasteiger partial charge < -0.3 is 9.64 Å². The van der Waals surface area contributed by atoms with E-state index < -0.39 is 23.4 Å². The second-order valence-electron chi connectivity index (χ2n) is 6.81. The summed E-state index contributed by atoms with van der Waals surface area (Å²) in [6.45, 7) is 2.60. The van der Waals surface area contributed by atoms with Crippen LogP contribution in [0.4, 0.5) is 10.5 Å². The van der Waals surface area contributed by atoms with Gasteiger partial charge in [0.25, 0.3) is 11.8 Å². The summed E-state index contributed by atoms with van der Waals surface area (Å²) in [6.07, 6.45) is 3.51. The van der Waals surface area contributed by atoms with Gasteiger partial charge in [-0.25, -0.2) is 9.78 Å². The van der Waals surface area contributed by atoms with Crippen LogP contribution in [0.5, 0.6) is 11.6 Å². The van der Waals surface area contributed by atoms with E-state index in [4.69, 9.17) is 4.74 Å². The number of aromatic nitrogens is 1. The Hall–Kier alpha value is -3.42. The van der Waals surface area contributed by atoms with Gasteiger partial charge in [0, 0.05) is 12.6 Å². The molecule has 0 aliphatic carbocycles. The number of nitrogens with zero attached hydrogens (tertiary/aromatic N) is 2. The van der Waals surface area contributed by atoms with Crippen molar-refractivity contribution in [2.45, 2.75) is 31.7 Å². The number of rotatable bonds is 4. The molecule has 0 atom stereocenters. The lowest BCUT2D eigenvalue weighted by atomic mass is 9.92.